The van der Waals surface area contributed by atoms with E-state index in [9.17, 15) is 14.4 Å². The summed E-state index contributed by atoms with van der Waals surface area (Å²) < 4.78 is 6.56. The molecule has 1 aliphatic carbocycles. The van der Waals surface area contributed by atoms with Crippen LogP contribution in [0.4, 0.5) is 5.69 Å². The molecule has 1 heterocycles. The second-order valence-corrected chi connectivity index (χ2v) is 6.67. The topological polar surface area (TPSA) is 90.3 Å². The number of rotatable bonds is 5. The first kappa shape index (κ1) is 19.0. The molecule has 3 rings (SSSR count). The van der Waals surface area contributed by atoms with E-state index in [1.54, 1.807) is 32.0 Å². The van der Waals surface area contributed by atoms with Gasteiger partial charge in [-0.05, 0) is 38.8 Å². The fourth-order valence-corrected chi connectivity index (χ4v) is 3.43. The Hall–Kier alpha value is -2.80. The molecule has 0 radical (unpaired) electrons. The van der Waals surface area contributed by atoms with Crippen LogP contribution in [-0.4, -0.2) is 34.5 Å². The lowest BCUT2D eigenvalue weighted by Crippen LogP contribution is -2.35. The van der Waals surface area contributed by atoms with Gasteiger partial charge in [0, 0.05) is 13.0 Å². The minimum Gasteiger partial charge on any atom is -0.372 e. The van der Waals surface area contributed by atoms with Crippen molar-refractivity contribution in [2.24, 2.45) is 0 Å². The number of hydrogen-bond donors (Lipinski definition) is 1. The van der Waals surface area contributed by atoms with Crippen LogP contribution in [0.5, 0.6) is 0 Å². The van der Waals surface area contributed by atoms with Crippen molar-refractivity contribution in [1.82, 2.24) is 9.55 Å². The quantitative estimate of drug-likeness (QED) is 0.818. The molecule has 1 aliphatic rings. The molecule has 1 amide bonds. The SMILES string of the molecule is C=C1CCC(n2c(C)nc3cccc(NC(=O)COCC)c3c2=O)C(=O)C1. The van der Waals surface area contributed by atoms with E-state index in [1.807, 2.05) is 0 Å². The van der Waals surface area contributed by atoms with Gasteiger partial charge < -0.3 is 10.1 Å². The average molecular weight is 369 g/mol. The van der Waals surface area contributed by atoms with Crippen molar-refractivity contribution in [2.75, 3.05) is 18.5 Å². The first-order chi connectivity index (χ1) is 12.9. The summed E-state index contributed by atoms with van der Waals surface area (Å²) in [4.78, 5) is 42.3. The van der Waals surface area contributed by atoms with Gasteiger partial charge in [0.1, 0.15) is 12.4 Å². The molecule has 1 aromatic heterocycles. The Kier molecular flexibility index (Phi) is 5.51. The first-order valence-electron chi connectivity index (χ1n) is 9.01. The van der Waals surface area contributed by atoms with Crippen molar-refractivity contribution in [2.45, 2.75) is 39.2 Å². The monoisotopic (exact) mass is 369 g/mol. The lowest BCUT2D eigenvalue weighted by atomic mass is 9.90. The van der Waals surface area contributed by atoms with Crippen molar-refractivity contribution >= 4 is 28.3 Å². The Bertz CT molecular complexity index is 977. The number of Topliss-reactive ketones (excluding diaryl/α,β-unsaturated/α-hetero) is 1. The Morgan fingerprint density at radius 3 is 2.89 bits per heavy atom. The summed E-state index contributed by atoms with van der Waals surface area (Å²) in [7, 11) is 0. The summed E-state index contributed by atoms with van der Waals surface area (Å²) in [5.41, 5.74) is 1.42. The van der Waals surface area contributed by atoms with E-state index in [2.05, 4.69) is 16.9 Å². The third-order valence-electron chi connectivity index (χ3n) is 4.70. The number of nitrogens with zero attached hydrogens (tertiary/aromatic N) is 2. The molecule has 27 heavy (non-hydrogen) atoms. The van der Waals surface area contributed by atoms with E-state index >= 15 is 0 Å². The zero-order valence-electron chi connectivity index (χ0n) is 15.6. The fourth-order valence-electron chi connectivity index (χ4n) is 3.43. The molecule has 142 valence electrons. The maximum atomic E-state index is 13.3. The number of aromatic nitrogens is 2. The molecule has 1 N–H and O–H groups in total. The number of allylic oxidation sites excluding steroid dienone is 1. The normalized spacial score (nSPS) is 17.3. The molecular formula is C20H23N3O4. The highest BCUT2D eigenvalue weighted by Gasteiger charge is 2.29. The van der Waals surface area contributed by atoms with E-state index in [0.29, 0.717) is 41.9 Å². The molecule has 1 unspecified atom stereocenters. The van der Waals surface area contributed by atoms with Crippen molar-refractivity contribution in [3.8, 4) is 0 Å². The van der Waals surface area contributed by atoms with Crippen LogP contribution < -0.4 is 10.9 Å². The van der Waals surface area contributed by atoms with Crippen molar-refractivity contribution in [3.63, 3.8) is 0 Å². The van der Waals surface area contributed by atoms with Gasteiger partial charge in [-0.15, -0.1) is 0 Å². The van der Waals surface area contributed by atoms with E-state index in [1.165, 1.54) is 4.57 Å². The van der Waals surface area contributed by atoms with Gasteiger partial charge in [0.2, 0.25) is 5.91 Å². The molecule has 0 spiro atoms. The molecular weight excluding hydrogens is 346 g/mol. The number of anilines is 1. The van der Waals surface area contributed by atoms with Gasteiger partial charge >= 0.3 is 0 Å². The predicted octanol–water partition coefficient (Wildman–Crippen LogP) is 2.53. The van der Waals surface area contributed by atoms with Gasteiger partial charge in [-0.25, -0.2) is 4.98 Å². The Balaban J connectivity index is 2.08. The van der Waals surface area contributed by atoms with Gasteiger partial charge in [-0.2, -0.15) is 0 Å². The highest BCUT2D eigenvalue weighted by atomic mass is 16.5. The number of nitrogens with one attached hydrogen (secondary N) is 1. The second-order valence-electron chi connectivity index (χ2n) is 6.67. The van der Waals surface area contributed by atoms with E-state index in [0.717, 1.165) is 5.57 Å². The number of fused-ring (bicyclic) bond motifs is 1. The van der Waals surface area contributed by atoms with Crippen molar-refractivity contribution in [1.29, 1.82) is 0 Å². The zero-order valence-corrected chi connectivity index (χ0v) is 15.6. The smallest absolute Gasteiger partial charge is 0.264 e. The summed E-state index contributed by atoms with van der Waals surface area (Å²) in [5, 5.41) is 3.01. The molecule has 0 bridgehead atoms. The summed E-state index contributed by atoms with van der Waals surface area (Å²) in [6, 6.07) is 4.55. The van der Waals surface area contributed by atoms with Crippen LogP contribution in [0.3, 0.4) is 0 Å². The zero-order chi connectivity index (χ0) is 19.6. The van der Waals surface area contributed by atoms with E-state index < -0.39 is 6.04 Å². The molecule has 7 nitrogen and oxygen atoms in total. The minimum absolute atomic E-state index is 0.0320. The Labute approximate surface area is 157 Å². The van der Waals surface area contributed by atoms with Crippen LogP contribution in [0, 0.1) is 6.92 Å². The van der Waals surface area contributed by atoms with Crippen LogP contribution in [0.15, 0.2) is 35.1 Å². The van der Waals surface area contributed by atoms with Gasteiger partial charge in [0.15, 0.2) is 5.78 Å². The standard InChI is InChI=1S/C20H23N3O4/c1-4-27-11-18(25)22-15-7-5-6-14-19(15)20(26)23(13(3)21-14)16-9-8-12(2)10-17(16)24/h5-7,16H,2,4,8-11H2,1,3H3,(H,22,25). The summed E-state index contributed by atoms with van der Waals surface area (Å²) >= 11 is 0. The van der Waals surface area contributed by atoms with Gasteiger partial charge in [-0.1, -0.05) is 18.2 Å². The number of ether oxygens (including phenoxy) is 1. The lowest BCUT2D eigenvalue weighted by molar-refractivity contribution is -0.123. The van der Waals surface area contributed by atoms with E-state index in [4.69, 9.17) is 4.74 Å². The second kappa shape index (κ2) is 7.84. The van der Waals surface area contributed by atoms with Crippen LogP contribution in [0.1, 0.15) is 38.1 Å². The van der Waals surface area contributed by atoms with Crippen molar-refractivity contribution < 1.29 is 14.3 Å². The maximum Gasteiger partial charge on any atom is 0.264 e. The number of amides is 1. The Morgan fingerprint density at radius 2 is 2.19 bits per heavy atom. The summed E-state index contributed by atoms with van der Waals surface area (Å²) in [5.74, 6) is 0.104. The van der Waals surface area contributed by atoms with Gasteiger partial charge in [0.25, 0.3) is 5.56 Å². The number of carbonyl (C=O) groups is 2. The maximum absolute atomic E-state index is 13.3. The molecule has 1 fully saturated rings. The molecule has 1 aromatic carbocycles. The highest BCUT2D eigenvalue weighted by molar-refractivity contribution is 6.01. The van der Waals surface area contributed by atoms with Crippen LogP contribution in [0.25, 0.3) is 10.9 Å². The van der Waals surface area contributed by atoms with Gasteiger partial charge in [0.05, 0.1) is 22.6 Å². The number of ketones is 1. The highest BCUT2D eigenvalue weighted by Crippen LogP contribution is 2.29. The van der Waals surface area contributed by atoms with Gasteiger partial charge in [-0.3, -0.25) is 19.0 Å². The fraction of sp³-hybridized carbons (Fsp3) is 0.400. The van der Waals surface area contributed by atoms with Crippen LogP contribution in [0.2, 0.25) is 0 Å². The lowest BCUT2D eigenvalue weighted by Gasteiger charge is -2.26. The average Bonchev–Trinajstić information content (AvgIpc) is 2.61. The number of aryl methyl sites for hydroxylation is 1. The number of carbonyl (C=O) groups excluding carboxylic acids is 2. The van der Waals surface area contributed by atoms with Crippen molar-refractivity contribution in [3.05, 3.63) is 46.5 Å². The molecule has 2 aromatic rings. The summed E-state index contributed by atoms with van der Waals surface area (Å²) in [6.45, 7) is 7.72. The molecule has 0 saturated heterocycles. The predicted molar refractivity (Wildman–Crippen MR) is 103 cm³/mol. The largest absolute Gasteiger partial charge is 0.372 e. The third kappa shape index (κ3) is 3.83. The first-order valence-corrected chi connectivity index (χ1v) is 9.01. The Morgan fingerprint density at radius 1 is 1.41 bits per heavy atom. The van der Waals surface area contributed by atoms with E-state index in [-0.39, 0.29) is 30.3 Å². The van der Waals surface area contributed by atoms with Crippen LogP contribution in [-0.2, 0) is 14.3 Å². The summed E-state index contributed by atoms with van der Waals surface area (Å²) in [6.07, 6.45) is 1.51. The molecule has 1 saturated carbocycles. The molecule has 0 aliphatic heterocycles. The molecule has 7 heteroatoms. The number of hydrogen-bond acceptors (Lipinski definition) is 5. The number of benzene rings is 1. The molecule has 1 atom stereocenters. The minimum atomic E-state index is -0.549. The third-order valence-corrected chi connectivity index (χ3v) is 4.70. The van der Waals surface area contributed by atoms with Crippen LogP contribution >= 0.6 is 0 Å².